The molecule has 0 heterocycles. The van der Waals surface area contributed by atoms with Crippen molar-refractivity contribution in [1.29, 1.82) is 0 Å². The summed E-state index contributed by atoms with van der Waals surface area (Å²) in [5, 5.41) is 6.60. The number of benzene rings is 1. The first-order valence-corrected chi connectivity index (χ1v) is 10.2. The SMILES string of the molecule is CN=C(NCCCC(C)(C)C)NCCc1ccc(S(C)(=O)=O)cc1.I. The second-order valence-corrected chi connectivity index (χ2v) is 9.27. The molecule has 1 rings (SSSR count). The van der Waals surface area contributed by atoms with Gasteiger partial charge in [0.25, 0.3) is 0 Å². The van der Waals surface area contributed by atoms with Gasteiger partial charge in [0.1, 0.15) is 0 Å². The molecule has 0 fully saturated rings. The Morgan fingerprint density at radius 2 is 1.64 bits per heavy atom. The molecular weight excluding hydrogens is 449 g/mol. The zero-order chi connectivity index (χ0) is 18.2. The van der Waals surface area contributed by atoms with Crippen LogP contribution < -0.4 is 10.6 Å². The average molecular weight is 481 g/mol. The number of nitrogens with one attached hydrogen (secondary N) is 2. The van der Waals surface area contributed by atoms with Crippen molar-refractivity contribution in [2.45, 2.75) is 44.9 Å². The normalized spacial score (nSPS) is 12.4. The molecule has 0 saturated carbocycles. The number of rotatable bonds is 7. The van der Waals surface area contributed by atoms with Crippen molar-refractivity contribution >= 4 is 39.8 Å². The minimum atomic E-state index is -3.13. The topological polar surface area (TPSA) is 70.6 Å². The Morgan fingerprint density at radius 3 is 2.12 bits per heavy atom. The molecule has 0 aliphatic heterocycles. The molecule has 0 aliphatic carbocycles. The van der Waals surface area contributed by atoms with Gasteiger partial charge in [0.05, 0.1) is 4.90 Å². The summed E-state index contributed by atoms with van der Waals surface area (Å²) in [4.78, 5) is 4.57. The highest BCUT2D eigenvalue weighted by Crippen LogP contribution is 2.19. The predicted molar refractivity (Wildman–Crippen MR) is 117 cm³/mol. The third kappa shape index (κ3) is 10.7. The molecule has 7 heteroatoms. The van der Waals surface area contributed by atoms with E-state index in [4.69, 9.17) is 0 Å². The highest BCUT2D eigenvalue weighted by atomic mass is 127. The van der Waals surface area contributed by atoms with Crippen molar-refractivity contribution in [2.24, 2.45) is 10.4 Å². The standard InChI is InChI=1S/C18H31N3O2S.HI/c1-18(2,3)12-6-13-20-17(19-4)21-14-11-15-7-9-16(10-8-15)24(5,22)23;/h7-10H,6,11-14H2,1-5H3,(H2,19,20,21);1H. The Bertz CT molecular complexity index is 635. The lowest BCUT2D eigenvalue weighted by Crippen LogP contribution is -2.38. The van der Waals surface area contributed by atoms with Crippen molar-refractivity contribution < 1.29 is 8.42 Å². The van der Waals surface area contributed by atoms with Gasteiger partial charge < -0.3 is 10.6 Å². The van der Waals surface area contributed by atoms with E-state index in [1.807, 2.05) is 12.1 Å². The quantitative estimate of drug-likeness (QED) is 0.272. The Balaban J connectivity index is 0.00000576. The Morgan fingerprint density at radius 1 is 1.08 bits per heavy atom. The first-order valence-electron chi connectivity index (χ1n) is 8.35. The van der Waals surface area contributed by atoms with E-state index >= 15 is 0 Å². The van der Waals surface area contributed by atoms with E-state index in [0.29, 0.717) is 10.3 Å². The molecule has 0 saturated heterocycles. The fraction of sp³-hybridized carbons (Fsp3) is 0.611. The van der Waals surface area contributed by atoms with Gasteiger partial charge in [-0.2, -0.15) is 0 Å². The lowest BCUT2D eigenvalue weighted by atomic mass is 9.91. The maximum atomic E-state index is 11.4. The number of halogens is 1. The lowest BCUT2D eigenvalue weighted by Gasteiger charge is -2.18. The van der Waals surface area contributed by atoms with Gasteiger partial charge in [0.2, 0.25) is 0 Å². The van der Waals surface area contributed by atoms with Crippen LogP contribution in [0.1, 0.15) is 39.2 Å². The highest BCUT2D eigenvalue weighted by Gasteiger charge is 2.09. The predicted octanol–water partition coefficient (Wildman–Crippen LogP) is 3.24. The largest absolute Gasteiger partial charge is 0.356 e. The van der Waals surface area contributed by atoms with E-state index < -0.39 is 9.84 Å². The van der Waals surface area contributed by atoms with Gasteiger partial charge >= 0.3 is 0 Å². The van der Waals surface area contributed by atoms with Crippen LogP contribution in [0.25, 0.3) is 0 Å². The summed E-state index contributed by atoms with van der Waals surface area (Å²) in [6, 6.07) is 7.03. The summed E-state index contributed by atoms with van der Waals surface area (Å²) in [6.45, 7) is 8.39. The van der Waals surface area contributed by atoms with Crippen molar-refractivity contribution in [3.8, 4) is 0 Å². The molecule has 0 atom stereocenters. The van der Waals surface area contributed by atoms with Crippen molar-refractivity contribution in [1.82, 2.24) is 10.6 Å². The van der Waals surface area contributed by atoms with Crippen LogP contribution in [0.3, 0.4) is 0 Å². The third-order valence-corrected chi connectivity index (χ3v) is 4.81. The number of guanidine groups is 1. The third-order valence-electron chi connectivity index (χ3n) is 3.68. The Hall–Kier alpha value is -0.830. The van der Waals surface area contributed by atoms with Crippen LogP contribution in [0.4, 0.5) is 0 Å². The summed E-state index contributed by atoms with van der Waals surface area (Å²) < 4.78 is 22.9. The van der Waals surface area contributed by atoms with Crippen LogP contribution >= 0.6 is 24.0 Å². The van der Waals surface area contributed by atoms with E-state index in [1.54, 1.807) is 19.2 Å². The van der Waals surface area contributed by atoms with Gasteiger partial charge in [-0.1, -0.05) is 32.9 Å². The zero-order valence-electron chi connectivity index (χ0n) is 15.9. The summed E-state index contributed by atoms with van der Waals surface area (Å²) in [5.74, 6) is 0.802. The first-order chi connectivity index (χ1) is 11.1. The molecule has 25 heavy (non-hydrogen) atoms. The average Bonchev–Trinajstić information content (AvgIpc) is 2.48. The van der Waals surface area contributed by atoms with Gasteiger partial charge in [-0.05, 0) is 42.4 Å². The van der Waals surface area contributed by atoms with Crippen LogP contribution in [0, 0.1) is 5.41 Å². The van der Waals surface area contributed by atoms with Crippen LogP contribution in [-0.4, -0.2) is 40.8 Å². The molecule has 1 aromatic rings. The molecule has 1 aromatic carbocycles. The van der Waals surface area contributed by atoms with Gasteiger partial charge in [0, 0.05) is 26.4 Å². The fourth-order valence-electron chi connectivity index (χ4n) is 2.27. The van der Waals surface area contributed by atoms with Crippen LogP contribution in [0.15, 0.2) is 34.2 Å². The van der Waals surface area contributed by atoms with Crippen molar-refractivity contribution in [3.05, 3.63) is 29.8 Å². The van der Waals surface area contributed by atoms with Gasteiger partial charge in [0.15, 0.2) is 15.8 Å². The Labute approximate surface area is 170 Å². The van der Waals surface area contributed by atoms with Crippen LogP contribution in [-0.2, 0) is 16.3 Å². The maximum Gasteiger partial charge on any atom is 0.190 e. The van der Waals surface area contributed by atoms with Crippen LogP contribution in [0.2, 0.25) is 0 Å². The van der Waals surface area contributed by atoms with Crippen LogP contribution in [0.5, 0.6) is 0 Å². The zero-order valence-corrected chi connectivity index (χ0v) is 19.1. The number of sulfone groups is 1. The summed E-state index contributed by atoms with van der Waals surface area (Å²) in [5.41, 5.74) is 1.45. The van der Waals surface area contributed by atoms with Gasteiger partial charge in [-0.25, -0.2) is 8.42 Å². The molecule has 0 aliphatic rings. The van der Waals surface area contributed by atoms with E-state index in [9.17, 15) is 8.42 Å². The molecular formula is C18H32IN3O2S. The molecule has 5 nitrogen and oxygen atoms in total. The smallest absolute Gasteiger partial charge is 0.190 e. The molecule has 0 radical (unpaired) electrons. The molecule has 0 spiro atoms. The maximum absolute atomic E-state index is 11.4. The van der Waals surface area contributed by atoms with Crippen molar-refractivity contribution in [2.75, 3.05) is 26.4 Å². The summed E-state index contributed by atoms with van der Waals surface area (Å²) in [7, 11) is -1.36. The molecule has 0 aromatic heterocycles. The van der Waals surface area contributed by atoms with Crippen molar-refractivity contribution in [3.63, 3.8) is 0 Å². The molecule has 0 amide bonds. The minimum Gasteiger partial charge on any atom is -0.356 e. The van der Waals surface area contributed by atoms with E-state index in [0.717, 1.165) is 37.5 Å². The number of hydrogen-bond acceptors (Lipinski definition) is 3. The van der Waals surface area contributed by atoms with Gasteiger partial charge in [-0.3, -0.25) is 4.99 Å². The fourth-order valence-corrected chi connectivity index (χ4v) is 2.91. The first kappa shape index (κ1) is 24.2. The molecule has 2 N–H and O–H groups in total. The van der Waals surface area contributed by atoms with E-state index in [-0.39, 0.29) is 24.0 Å². The lowest BCUT2D eigenvalue weighted by molar-refractivity contribution is 0.365. The minimum absolute atomic E-state index is 0. The number of hydrogen-bond donors (Lipinski definition) is 2. The number of aliphatic imine (C=N–C) groups is 1. The molecule has 144 valence electrons. The monoisotopic (exact) mass is 481 g/mol. The van der Waals surface area contributed by atoms with E-state index in [1.165, 1.54) is 12.7 Å². The van der Waals surface area contributed by atoms with E-state index in [2.05, 4.69) is 36.4 Å². The summed E-state index contributed by atoms with van der Waals surface area (Å²) in [6.07, 6.45) is 4.31. The summed E-state index contributed by atoms with van der Waals surface area (Å²) >= 11 is 0. The number of nitrogens with zero attached hydrogens (tertiary/aromatic N) is 1. The van der Waals surface area contributed by atoms with Gasteiger partial charge in [-0.15, -0.1) is 24.0 Å². The molecule has 0 bridgehead atoms. The second-order valence-electron chi connectivity index (χ2n) is 7.26. The highest BCUT2D eigenvalue weighted by molar-refractivity contribution is 14.0. The molecule has 0 unspecified atom stereocenters. The Kier molecular flexibility index (Phi) is 10.6. The second kappa shape index (κ2) is 11.0.